The summed E-state index contributed by atoms with van der Waals surface area (Å²) < 4.78 is 7.89. The van der Waals surface area contributed by atoms with Crippen molar-refractivity contribution in [1.82, 2.24) is 0 Å². The average molecular weight is 660 g/mol. The van der Waals surface area contributed by atoms with Crippen LogP contribution in [-0.4, -0.2) is 12.5 Å². The molecule has 0 atom stereocenters. The Morgan fingerprint density at radius 1 is 1.00 bits per heavy atom. The van der Waals surface area contributed by atoms with Crippen molar-refractivity contribution in [3.8, 4) is 11.8 Å². The fourth-order valence-electron chi connectivity index (χ4n) is 2.69. The summed E-state index contributed by atoms with van der Waals surface area (Å²) in [5.41, 5.74) is 2.63. The molecule has 0 aliphatic heterocycles. The van der Waals surface area contributed by atoms with Crippen molar-refractivity contribution in [3.63, 3.8) is 0 Å². The summed E-state index contributed by atoms with van der Waals surface area (Å²) >= 11 is 22.2. The number of hydrogen-bond acceptors (Lipinski definition) is 3. The van der Waals surface area contributed by atoms with Crippen LogP contribution in [0.3, 0.4) is 0 Å². The third kappa shape index (κ3) is 6.60. The molecule has 3 aromatic rings. The second-order valence-corrected chi connectivity index (χ2v) is 9.89. The van der Waals surface area contributed by atoms with E-state index in [0.29, 0.717) is 36.0 Å². The van der Waals surface area contributed by atoms with Gasteiger partial charge < -0.3 is 10.1 Å². The fraction of sp³-hybridized carbons (Fsp3) is 0.0435. The van der Waals surface area contributed by atoms with Crippen LogP contribution in [0.4, 0.5) is 5.69 Å². The molecule has 0 aromatic heterocycles. The second-order valence-electron chi connectivity index (χ2n) is 6.46. The molecule has 3 rings (SSSR count). The normalized spacial score (nSPS) is 11.1. The van der Waals surface area contributed by atoms with E-state index in [9.17, 15) is 10.1 Å². The molecule has 9 heteroatoms. The molecule has 0 fully saturated rings. The highest BCUT2D eigenvalue weighted by atomic mass is 79.9. The van der Waals surface area contributed by atoms with E-state index in [-0.39, 0.29) is 12.5 Å². The number of carbonyl (C=O) groups is 1. The van der Waals surface area contributed by atoms with E-state index in [0.717, 1.165) is 15.6 Å². The van der Waals surface area contributed by atoms with E-state index in [1.54, 1.807) is 24.3 Å². The predicted octanol–water partition coefficient (Wildman–Crippen LogP) is 8.36. The minimum atomic E-state index is -0.354. The Hall–Kier alpha value is -1.82. The van der Waals surface area contributed by atoms with Gasteiger partial charge in [-0.1, -0.05) is 51.3 Å². The summed E-state index contributed by atoms with van der Waals surface area (Å²) in [5, 5.41) is 13.0. The van der Waals surface area contributed by atoms with Crippen molar-refractivity contribution >= 4 is 94.2 Å². The summed E-state index contributed by atoms with van der Waals surface area (Å²) in [6, 6.07) is 18.2. The number of anilines is 1. The highest BCUT2D eigenvalue weighted by molar-refractivity contribution is 9.11. The van der Waals surface area contributed by atoms with Gasteiger partial charge in [0.25, 0.3) is 5.91 Å². The smallest absolute Gasteiger partial charge is 0.262 e. The maximum absolute atomic E-state index is 12.2. The molecule has 1 N–H and O–H groups in total. The standard InChI is InChI=1S/C23H13Br3Cl2N2O2/c24-16-3-1-14(2-4-16)15(11-29)7-13-8-18(25)23(19(26)9-13)32-12-22(31)30-17-5-6-20(27)21(28)10-17/h1-10H,12H2,(H,30,31)/b15-7+. The predicted molar refractivity (Wildman–Crippen MR) is 140 cm³/mol. The van der Waals surface area contributed by atoms with Crippen LogP contribution in [0.2, 0.25) is 10.0 Å². The first-order valence-electron chi connectivity index (χ1n) is 9.01. The molecule has 0 aliphatic carbocycles. The Labute approximate surface area is 220 Å². The Morgan fingerprint density at radius 2 is 1.66 bits per heavy atom. The lowest BCUT2D eigenvalue weighted by atomic mass is 10.0. The largest absolute Gasteiger partial charge is 0.481 e. The van der Waals surface area contributed by atoms with Crippen LogP contribution in [0.25, 0.3) is 11.6 Å². The number of carbonyl (C=O) groups excluding carboxylic acids is 1. The molecule has 32 heavy (non-hydrogen) atoms. The van der Waals surface area contributed by atoms with Gasteiger partial charge in [-0.15, -0.1) is 0 Å². The van der Waals surface area contributed by atoms with Gasteiger partial charge in [0, 0.05) is 10.2 Å². The van der Waals surface area contributed by atoms with Crippen LogP contribution in [0.1, 0.15) is 11.1 Å². The lowest BCUT2D eigenvalue weighted by Crippen LogP contribution is -2.20. The second kappa shape index (κ2) is 11.4. The van der Waals surface area contributed by atoms with Gasteiger partial charge in [-0.2, -0.15) is 5.26 Å². The number of nitriles is 1. The lowest BCUT2D eigenvalue weighted by molar-refractivity contribution is -0.118. The van der Waals surface area contributed by atoms with Crippen molar-refractivity contribution in [2.75, 3.05) is 11.9 Å². The van der Waals surface area contributed by atoms with Crippen LogP contribution >= 0.6 is 71.0 Å². The number of hydrogen-bond donors (Lipinski definition) is 1. The third-order valence-electron chi connectivity index (χ3n) is 4.16. The molecule has 0 bridgehead atoms. The van der Waals surface area contributed by atoms with Crippen LogP contribution in [0.5, 0.6) is 5.75 Å². The number of halogens is 5. The Bertz CT molecular complexity index is 1220. The monoisotopic (exact) mass is 656 g/mol. The number of amides is 1. The van der Waals surface area contributed by atoms with E-state index in [1.165, 1.54) is 0 Å². The average Bonchev–Trinajstić information content (AvgIpc) is 2.75. The van der Waals surface area contributed by atoms with Crippen molar-refractivity contribution < 1.29 is 9.53 Å². The van der Waals surface area contributed by atoms with Gasteiger partial charge >= 0.3 is 0 Å². The van der Waals surface area contributed by atoms with Gasteiger partial charge in [-0.25, -0.2) is 0 Å². The summed E-state index contributed by atoms with van der Waals surface area (Å²) in [6.07, 6.45) is 1.78. The molecule has 162 valence electrons. The van der Waals surface area contributed by atoms with Gasteiger partial charge in [0.15, 0.2) is 6.61 Å². The van der Waals surface area contributed by atoms with Crippen LogP contribution < -0.4 is 10.1 Å². The van der Waals surface area contributed by atoms with Crippen LogP contribution in [0.15, 0.2) is 68.0 Å². The minimum absolute atomic E-state index is 0.213. The maximum atomic E-state index is 12.2. The zero-order valence-electron chi connectivity index (χ0n) is 16.1. The van der Waals surface area contributed by atoms with Crippen molar-refractivity contribution in [2.45, 2.75) is 0 Å². The maximum Gasteiger partial charge on any atom is 0.262 e. The van der Waals surface area contributed by atoms with Crippen LogP contribution in [-0.2, 0) is 4.79 Å². The Balaban J connectivity index is 1.72. The Kier molecular flexibility index (Phi) is 8.80. The van der Waals surface area contributed by atoms with E-state index in [4.69, 9.17) is 27.9 Å². The quantitative estimate of drug-likeness (QED) is 0.214. The fourth-order valence-corrected chi connectivity index (χ4v) is 4.70. The van der Waals surface area contributed by atoms with Gasteiger partial charge in [-0.05, 0) is 91.5 Å². The number of rotatable bonds is 6. The first kappa shape index (κ1) is 24.8. The SMILES string of the molecule is N#C/C(=C\c1cc(Br)c(OCC(=O)Nc2ccc(Cl)c(Cl)c2)c(Br)c1)c1ccc(Br)cc1. The molecule has 0 saturated carbocycles. The van der Waals surface area contributed by atoms with Crippen molar-refractivity contribution in [3.05, 3.63) is 89.2 Å². The number of nitrogens with zero attached hydrogens (tertiary/aromatic N) is 1. The molecule has 3 aromatic carbocycles. The minimum Gasteiger partial charge on any atom is -0.481 e. The number of benzene rings is 3. The van der Waals surface area contributed by atoms with E-state index >= 15 is 0 Å². The summed E-state index contributed by atoms with van der Waals surface area (Å²) in [6.45, 7) is -0.213. The van der Waals surface area contributed by atoms with Gasteiger partial charge in [0.1, 0.15) is 5.75 Å². The highest BCUT2D eigenvalue weighted by Crippen LogP contribution is 2.36. The molecule has 0 spiro atoms. The van der Waals surface area contributed by atoms with Crippen molar-refractivity contribution in [1.29, 1.82) is 5.26 Å². The molecule has 0 heterocycles. The number of allylic oxidation sites excluding steroid dienone is 1. The molecule has 4 nitrogen and oxygen atoms in total. The summed E-state index contributed by atoms with van der Waals surface area (Å²) in [5.74, 6) is 0.113. The van der Waals surface area contributed by atoms with Crippen LogP contribution in [0, 0.1) is 11.3 Å². The molecule has 0 aliphatic rings. The highest BCUT2D eigenvalue weighted by Gasteiger charge is 2.12. The topological polar surface area (TPSA) is 62.1 Å². The van der Waals surface area contributed by atoms with Gasteiger partial charge in [-0.3, -0.25) is 4.79 Å². The van der Waals surface area contributed by atoms with E-state index in [1.807, 2.05) is 36.4 Å². The molecule has 0 saturated heterocycles. The molecular formula is C23H13Br3Cl2N2O2. The molecule has 0 unspecified atom stereocenters. The van der Waals surface area contributed by atoms with Crippen molar-refractivity contribution in [2.24, 2.45) is 0 Å². The first-order chi connectivity index (χ1) is 15.3. The zero-order valence-corrected chi connectivity index (χ0v) is 22.4. The molecular weight excluding hydrogens is 647 g/mol. The first-order valence-corrected chi connectivity index (χ1v) is 12.1. The molecule has 1 amide bonds. The van der Waals surface area contributed by atoms with E-state index in [2.05, 4.69) is 59.2 Å². The van der Waals surface area contributed by atoms with Gasteiger partial charge in [0.05, 0.1) is 30.6 Å². The van der Waals surface area contributed by atoms with Gasteiger partial charge in [0.2, 0.25) is 0 Å². The summed E-state index contributed by atoms with van der Waals surface area (Å²) in [7, 11) is 0. The van der Waals surface area contributed by atoms with E-state index < -0.39 is 0 Å². The Morgan fingerprint density at radius 3 is 2.25 bits per heavy atom. The number of nitrogens with one attached hydrogen (secondary N) is 1. The third-order valence-corrected chi connectivity index (χ3v) is 6.60. The zero-order chi connectivity index (χ0) is 23.3. The summed E-state index contributed by atoms with van der Waals surface area (Å²) in [4.78, 5) is 12.2. The number of ether oxygens (including phenoxy) is 1. The molecule has 0 radical (unpaired) electrons. The lowest BCUT2D eigenvalue weighted by Gasteiger charge is -2.12.